The monoisotopic (exact) mass is 284 g/mol. The van der Waals surface area contributed by atoms with Gasteiger partial charge in [-0.25, -0.2) is 0 Å². The second-order valence-electron chi connectivity index (χ2n) is 5.22. The number of amides is 2. The van der Waals surface area contributed by atoms with Crippen molar-refractivity contribution in [2.24, 2.45) is 0 Å². The lowest BCUT2D eigenvalue weighted by atomic mass is 9.99. The number of nitrogens with one attached hydrogen (secondary N) is 2. The standard InChI is InChI=1S/C17H20N2O2/c1-11(19-17(21)12(2)18-13(3)20)15-10-6-8-14-7-4-5-9-16(14)15/h4-12H,1-3H3,(H,18,20)(H,19,21). The average molecular weight is 284 g/mol. The fourth-order valence-electron chi connectivity index (χ4n) is 2.41. The van der Waals surface area contributed by atoms with E-state index in [1.54, 1.807) is 6.92 Å². The van der Waals surface area contributed by atoms with Gasteiger partial charge in [0.2, 0.25) is 11.8 Å². The summed E-state index contributed by atoms with van der Waals surface area (Å²) in [6.07, 6.45) is 0. The summed E-state index contributed by atoms with van der Waals surface area (Å²) in [5, 5.41) is 7.79. The molecule has 0 aliphatic rings. The van der Waals surface area contributed by atoms with E-state index >= 15 is 0 Å². The summed E-state index contributed by atoms with van der Waals surface area (Å²) in [5.41, 5.74) is 1.07. The highest BCUT2D eigenvalue weighted by Gasteiger charge is 2.17. The third kappa shape index (κ3) is 3.60. The summed E-state index contributed by atoms with van der Waals surface area (Å²) in [5.74, 6) is -0.402. The van der Waals surface area contributed by atoms with Gasteiger partial charge in [-0.05, 0) is 30.2 Å². The van der Waals surface area contributed by atoms with Crippen molar-refractivity contribution in [1.29, 1.82) is 0 Å². The molecular formula is C17H20N2O2. The fourth-order valence-corrected chi connectivity index (χ4v) is 2.41. The van der Waals surface area contributed by atoms with Crippen molar-refractivity contribution in [3.05, 3.63) is 48.0 Å². The minimum absolute atomic E-state index is 0.125. The van der Waals surface area contributed by atoms with Crippen molar-refractivity contribution in [2.75, 3.05) is 0 Å². The maximum atomic E-state index is 12.1. The normalized spacial score (nSPS) is 13.5. The molecule has 2 N–H and O–H groups in total. The minimum Gasteiger partial charge on any atom is -0.348 e. The van der Waals surface area contributed by atoms with E-state index in [0.717, 1.165) is 16.3 Å². The molecule has 2 aromatic rings. The molecule has 0 saturated heterocycles. The van der Waals surface area contributed by atoms with E-state index in [4.69, 9.17) is 0 Å². The Labute approximate surface area is 124 Å². The van der Waals surface area contributed by atoms with Crippen molar-refractivity contribution in [3.8, 4) is 0 Å². The van der Waals surface area contributed by atoms with Crippen LogP contribution in [0.3, 0.4) is 0 Å². The van der Waals surface area contributed by atoms with Crippen LogP contribution in [0.1, 0.15) is 32.4 Å². The number of carbonyl (C=O) groups excluding carboxylic acids is 2. The molecular weight excluding hydrogens is 264 g/mol. The average Bonchev–Trinajstić information content (AvgIpc) is 2.45. The Balaban J connectivity index is 2.17. The molecule has 4 nitrogen and oxygen atoms in total. The zero-order valence-corrected chi connectivity index (χ0v) is 12.5. The second-order valence-corrected chi connectivity index (χ2v) is 5.22. The Kier molecular flexibility index (Phi) is 4.58. The number of hydrogen-bond acceptors (Lipinski definition) is 2. The number of benzene rings is 2. The zero-order chi connectivity index (χ0) is 15.4. The first kappa shape index (κ1) is 15.0. The van der Waals surface area contributed by atoms with Crippen LogP contribution in [-0.2, 0) is 9.59 Å². The maximum absolute atomic E-state index is 12.1. The third-order valence-electron chi connectivity index (χ3n) is 3.46. The molecule has 0 heterocycles. The van der Waals surface area contributed by atoms with Crippen LogP contribution in [0.2, 0.25) is 0 Å². The molecule has 21 heavy (non-hydrogen) atoms. The first-order valence-electron chi connectivity index (χ1n) is 7.04. The van der Waals surface area contributed by atoms with Crippen molar-refractivity contribution in [3.63, 3.8) is 0 Å². The van der Waals surface area contributed by atoms with Crippen LogP contribution in [0.25, 0.3) is 10.8 Å². The van der Waals surface area contributed by atoms with E-state index in [2.05, 4.69) is 10.6 Å². The molecule has 2 amide bonds. The van der Waals surface area contributed by atoms with Crippen molar-refractivity contribution in [2.45, 2.75) is 32.9 Å². The van der Waals surface area contributed by atoms with Gasteiger partial charge in [-0.1, -0.05) is 42.5 Å². The molecule has 0 radical (unpaired) electrons. The summed E-state index contributed by atoms with van der Waals surface area (Å²) in [4.78, 5) is 23.1. The van der Waals surface area contributed by atoms with E-state index in [1.165, 1.54) is 6.92 Å². The highest BCUT2D eigenvalue weighted by molar-refractivity contribution is 5.89. The fraction of sp³-hybridized carbons (Fsp3) is 0.294. The molecule has 110 valence electrons. The molecule has 0 fully saturated rings. The highest BCUT2D eigenvalue weighted by atomic mass is 16.2. The summed E-state index contributed by atoms with van der Waals surface area (Å²) >= 11 is 0. The van der Waals surface area contributed by atoms with Crippen LogP contribution < -0.4 is 10.6 Å². The molecule has 0 aromatic heterocycles. The Hall–Kier alpha value is -2.36. The number of hydrogen-bond donors (Lipinski definition) is 2. The molecule has 0 aliphatic carbocycles. The third-order valence-corrected chi connectivity index (χ3v) is 3.46. The molecule has 0 saturated carbocycles. The highest BCUT2D eigenvalue weighted by Crippen LogP contribution is 2.23. The molecule has 0 spiro atoms. The first-order chi connectivity index (χ1) is 9.99. The van der Waals surface area contributed by atoms with E-state index in [-0.39, 0.29) is 17.9 Å². The lowest BCUT2D eigenvalue weighted by Crippen LogP contribution is -2.44. The van der Waals surface area contributed by atoms with Gasteiger partial charge in [0, 0.05) is 6.92 Å². The lowest BCUT2D eigenvalue weighted by molar-refractivity contribution is -0.128. The largest absolute Gasteiger partial charge is 0.348 e. The Morgan fingerprint density at radius 2 is 1.62 bits per heavy atom. The predicted molar refractivity (Wildman–Crippen MR) is 83.8 cm³/mol. The predicted octanol–water partition coefficient (Wildman–Crippen LogP) is 2.54. The van der Waals surface area contributed by atoms with Gasteiger partial charge < -0.3 is 10.6 Å². The summed E-state index contributed by atoms with van der Waals surface area (Å²) in [7, 11) is 0. The topological polar surface area (TPSA) is 58.2 Å². The Morgan fingerprint density at radius 3 is 2.33 bits per heavy atom. The number of carbonyl (C=O) groups is 2. The summed E-state index contributed by atoms with van der Waals surface area (Å²) in [6.45, 7) is 5.02. The number of fused-ring (bicyclic) bond motifs is 1. The van der Waals surface area contributed by atoms with E-state index < -0.39 is 6.04 Å². The van der Waals surface area contributed by atoms with Crippen molar-refractivity contribution in [1.82, 2.24) is 10.6 Å². The van der Waals surface area contributed by atoms with Crippen LogP contribution in [0.5, 0.6) is 0 Å². The first-order valence-corrected chi connectivity index (χ1v) is 7.04. The van der Waals surface area contributed by atoms with Gasteiger partial charge in [-0.2, -0.15) is 0 Å². The van der Waals surface area contributed by atoms with E-state index in [9.17, 15) is 9.59 Å². The van der Waals surface area contributed by atoms with Crippen LogP contribution in [0.4, 0.5) is 0 Å². The van der Waals surface area contributed by atoms with E-state index in [0.29, 0.717) is 0 Å². The van der Waals surface area contributed by atoms with Crippen LogP contribution in [0, 0.1) is 0 Å². The van der Waals surface area contributed by atoms with Crippen LogP contribution in [-0.4, -0.2) is 17.9 Å². The summed E-state index contributed by atoms with van der Waals surface area (Å²) in [6, 6.07) is 13.5. The number of rotatable bonds is 4. The van der Waals surface area contributed by atoms with Crippen LogP contribution in [0.15, 0.2) is 42.5 Å². The molecule has 4 heteroatoms. The van der Waals surface area contributed by atoms with Gasteiger partial charge in [0.25, 0.3) is 0 Å². The van der Waals surface area contributed by atoms with Crippen molar-refractivity contribution < 1.29 is 9.59 Å². The smallest absolute Gasteiger partial charge is 0.242 e. The zero-order valence-electron chi connectivity index (χ0n) is 12.5. The Morgan fingerprint density at radius 1 is 0.952 bits per heavy atom. The van der Waals surface area contributed by atoms with Crippen LogP contribution >= 0.6 is 0 Å². The Bertz CT molecular complexity index is 661. The van der Waals surface area contributed by atoms with Gasteiger partial charge in [0.15, 0.2) is 0 Å². The minimum atomic E-state index is -0.542. The molecule has 2 unspecified atom stereocenters. The lowest BCUT2D eigenvalue weighted by Gasteiger charge is -2.19. The summed E-state index contributed by atoms with van der Waals surface area (Å²) < 4.78 is 0. The van der Waals surface area contributed by atoms with Gasteiger partial charge in [0.05, 0.1) is 6.04 Å². The molecule has 2 rings (SSSR count). The molecule has 2 aromatic carbocycles. The maximum Gasteiger partial charge on any atom is 0.242 e. The van der Waals surface area contributed by atoms with Gasteiger partial charge in [0.1, 0.15) is 6.04 Å². The second kappa shape index (κ2) is 6.39. The molecule has 0 aliphatic heterocycles. The molecule has 2 atom stereocenters. The van der Waals surface area contributed by atoms with Gasteiger partial charge in [-0.3, -0.25) is 9.59 Å². The van der Waals surface area contributed by atoms with Gasteiger partial charge in [-0.15, -0.1) is 0 Å². The quantitative estimate of drug-likeness (QED) is 0.906. The SMILES string of the molecule is CC(=O)NC(C)C(=O)NC(C)c1cccc2ccccc12. The van der Waals surface area contributed by atoms with Crippen molar-refractivity contribution >= 4 is 22.6 Å². The molecule has 0 bridgehead atoms. The van der Waals surface area contributed by atoms with E-state index in [1.807, 2.05) is 49.4 Å². The van der Waals surface area contributed by atoms with Gasteiger partial charge >= 0.3 is 0 Å².